The Morgan fingerprint density at radius 3 is 2.93 bits per heavy atom. The number of fused-ring (bicyclic) bond motifs is 1. The molecule has 0 saturated heterocycles. The summed E-state index contributed by atoms with van der Waals surface area (Å²) in [5.74, 6) is 0.328. The van der Waals surface area contributed by atoms with Crippen LogP contribution in [0.3, 0.4) is 0 Å². The number of nitrogens with one attached hydrogen (secondary N) is 1. The van der Waals surface area contributed by atoms with E-state index >= 15 is 0 Å². The molecule has 1 unspecified atom stereocenters. The summed E-state index contributed by atoms with van der Waals surface area (Å²) in [6.45, 7) is 1.94. The molecule has 0 aliphatic rings. The summed E-state index contributed by atoms with van der Waals surface area (Å²) in [7, 11) is 0. The number of nitrogens with two attached hydrogens (primary N) is 1. The summed E-state index contributed by atoms with van der Waals surface area (Å²) in [6.07, 6.45) is 2.57. The summed E-state index contributed by atoms with van der Waals surface area (Å²) in [6, 6.07) is 5.60. The molecule has 3 heteroatoms. The third-order valence-electron chi connectivity index (χ3n) is 2.35. The van der Waals surface area contributed by atoms with Crippen LogP contribution in [-0.4, -0.2) is 16.1 Å². The molecule has 2 rings (SSSR count). The van der Waals surface area contributed by atoms with E-state index in [1.807, 2.05) is 25.3 Å². The fourth-order valence-corrected chi connectivity index (χ4v) is 1.72. The van der Waals surface area contributed by atoms with Crippen LogP contribution in [0, 0.1) is 0 Å². The predicted octanol–water partition coefficient (Wildman–Crippen LogP) is 1.76. The van der Waals surface area contributed by atoms with Crippen molar-refractivity contribution < 1.29 is 5.11 Å². The maximum Gasteiger partial charge on any atom is 0.119 e. The molecule has 1 heterocycles. The van der Waals surface area contributed by atoms with Gasteiger partial charge in [-0.05, 0) is 31.5 Å². The molecule has 4 N–H and O–H groups in total. The number of hydrogen-bond donors (Lipinski definition) is 3. The van der Waals surface area contributed by atoms with Crippen LogP contribution in [0.15, 0.2) is 24.4 Å². The molecule has 0 aliphatic carbocycles. The number of H-pyrrole nitrogens is 1. The first kappa shape index (κ1) is 9.09. The van der Waals surface area contributed by atoms with E-state index in [0.29, 0.717) is 12.2 Å². The summed E-state index contributed by atoms with van der Waals surface area (Å²) in [4.78, 5) is 3.11. The fraction of sp³-hybridized carbons (Fsp3) is 0.273. The van der Waals surface area contributed by atoms with Crippen molar-refractivity contribution in [3.05, 3.63) is 30.0 Å². The van der Waals surface area contributed by atoms with Crippen molar-refractivity contribution in [3.8, 4) is 5.75 Å². The highest BCUT2D eigenvalue weighted by atomic mass is 16.3. The third kappa shape index (κ3) is 1.46. The van der Waals surface area contributed by atoms with Crippen molar-refractivity contribution in [2.45, 2.75) is 19.4 Å². The number of aromatic hydroxyl groups is 1. The average molecular weight is 190 g/mol. The highest BCUT2D eigenvalue weighted by Crippen LogP contribution is 2.27. The van der Waals surface area contributed by atoms with Crippen LogP contribution in [0.2, 0.25) is 0 Å². The minimum absolute atomic E-state index is 0.0569. The molecule has 0 radical (unpaired) electrons. The Labute approximate surface area is 82.6 Å². The highest BCUT2D eigenvalue weighted by molar-refractivity contribution is 5.85. The van der Waals surface area contributed by atoms with Crippen molar-refractivity contribution in [1.29, 1.82) is 0 Å². The monoisotopic (exact) mass is 190 g/mol. The van der Waals surface area contributed by atoms with Gasteiger partial charge in [0.05, 0.1) is 0 Å². The lowest BCUT2D eigenvalue weighted by Crippen LogP contribution is -2.17. The zero-order valence-electron chi connectivity index (χ0n) is 8.12. The van der Waals surface area contributed by atoms with Crippen LogP contribution < -0.4 is 5.73 Å². The molecule has 3 nitrogen and oxygen atoms in total. The first-order valence-corrected chi connectivity index (χ1v) is 4.72. The predicted molar refractivity (Wildman–Crippen MR) is 57.3 cm³/mol. The minimum Gasteiger partial charge on any atom is -0.508 e. The average Bonchev–Trinajstić information content (AvgIpc) is 2.57. The van der Waals surface area contributed by atoms with Crippen molar-refractivity contribution in [2.24, 2.45) is 5.73 Å². The number of hydrogen-bond acceptors (Lipinski definition) is 2. The third-order valence-corrected chi connectivity index (χ3v) is 2.35. The van der Waals surface area contributed by atoms with E-state index in [1.54, 1.807) is 6.07 Å². The van der Waals surface area contributed by atoms with Crippen LogP contribution in [0.25, 0.3) is 10.9 Å². The lowest BCUT2D eigenvalue weighted by molar-refractivity contribution is 0.467. The van der Waals surface area contributed by atoms with Gasteiger partial charge in [-0.2, -0.15) is 0 Å². The van der Waals surface area contributed by atoms with Gasteiger partial charge in [0, 0.05) is 28.7 Å². The summed E-state index contributed by atoms with van der Waals surface area (Å²) >= 11 is 0. The second kappa shape index (κ2) is 3.35. The van der Waals surface area contributed by atoms with Crippen molar-refractivity contribution in [1.82, 2.24) is 4.98 Å². The number of benzene rings is 1. The molecule has 0 bridgehead atoms. The number of aromatic nitrogens is 1. The second-order valence-electron chi connectivity index (χ2n) is 3.68. The van der Waals surface area contributed by atoms with E-state index in [0.717, 1.165) is 16.5 Å². The van der Waals surface area contributed by atoms with Gasteiger partial charge in [0.15, 0.2) is 0 Å². The van der Waals surface area contributed by atoms with Crippen LogP contribution in [0.5, 0.6) is 5.75 Å². The molecule has 2 aromatic rings. The number of phenols is 1. The molecule has 1 aromatic heterocycles. The highest BCUT2D eigenvalue weighted by Gasteiger charge is 2.09. The second-order valence-corrected chi connectivity index (χ2v) is 3.68. The maximum absolute atomic E-state index is 9.71. The zero-order valence-corrected chi connectivity index (χ0v) is 8.12. The fourth-order valence-electron chi connectivity index (χ4n) is 1.72. The lowest BCUT2D eigenvalue weighted by atomic mass is 10.0. The first-order chi connectivity index (χ1) is 6.68. The molecule has 74 valence electrons. The topological polar surface area (TPSA) is 62.0 Å². The zero-order chi connectivity index (χ0) is 10.1. The van der Waals surface area contributed by atoms with Crippen molar-refractivity contribution in [2.75, 3.05) is 0 Å². The molecule has 1 aromatic carbocycles. The van der Waals surface area contributed by atoms with Gasteiger partial charge in [-0.3, -0.25) is 0 Å². The van der Waals surface area contributed by atoms with Gasteiger partial charge in [0.1, 0.15) is 5.75 Å². The molecule has 14 heavy (non-hydrogen) atoms. The lowest BCUT2D eigenvalue weighted by Gasteiger charge is -2.08. The number of rotatable bonds is 2. The van der Waals surface area contributed by atoms with Crippen LogP contribution in [0.1, 0.15) is 12.5 Å². The Hall–Kier alpha value is -1.48. The van der Waals surface area contributed by atoms with Crippen molar-refractivity contribution >= 4 is 10.9 Å². The first-order valence-electron chi connectivity index (χ1n) is 4.72. The number of phenolic OH excluding ortho intramolecular Hbond substituents is 1. The van der Waals surface area contributed by atoms with E-state index in [4.69, 9.17) is 5.73 Å². The molecule has 0 spiro atoms. The van der Waals surface area contributed by atoms with Crippen LogP contribution in [0.4, 0.5) is 0 Å². The quantitative estimate of drug-likeness (QED) is 0.675. The van der Waals surface area contributed by atoms with E-state index in [-0.39, 0.29) is 6.04 Å². The van der Waals surface area contributed by atoms with Gasteiger partial charge in [0.25, 0.3) is 0 Å². The van der Waals surface area contributed by atoms with E-state index in [9.17, 15) is 5.11 Å². The van der Waals surface area contributed by atoms with Crippen LogP contribution in [-0.2, 0) is 6.42 Å². The summed E-state index contributed by atoms with van der Waals surface area (Å²) in [5.41, 5.74) is 7.70. The SMILES string of the molecule is CC(N)Cc1c(O)ccc2[nH]ccc12. The van der Waals surface area contributed by atoms with E-state index < -0.39 is 0 Å². The molecular formula is C11H14N2O. The van der Waals surface area contributed by atoms with Gasteiger partial charge in [0.2, 0.25) is 0 Å². The normalized spacial score (nSPS) is 13.3. The minimum atomic E-state index is 0.0569. The van der Waals surface area contributed by atoms with Crippen LogP contribution >= 0.6 is 0 Å². The van der Waals surface area contributed by atoms with Gasteiger partial charge < -0.3 is 15.8 Å². The van der Waals surface area contributed by atoms with E-state index in [1.165, 1.54) is 0 Å². The molecular weight excluding hydrogens is 176 g/mol. The number of aromatic amines is 1. The summed E-state index contributed by atoms with van der Waals surface area (Å²) < 4.78 is 0. The Bertz CT molecular complexity index is 445. The molecule has 0 fully saturated rings. The van der Waals surface area contributed by atoms with Gasteiger partial charge >= 0.3 is 0 Å². The molecule has 0 amide bonds. The van der Waals surface area contributed by atoms with E-state index in [2.05, 4.69) is 4.98 Å². The van der Waals surface area contributed by atoms with Gasteiger partial charge in [-0.15, -0.1) is 0 Å². The summed E-state index contributed by atoms with van der Waals surface area (Å²) in [5, 5.41) is 10.8. The maximum atomic E-state index is 9.71. The largest absolute Gasteiger partial charge is 0.508 e. The Kier molecular flexibility index (Phi) is 2.17. The Balaban J connectivity index is 2.58. The smallest absolute Gasteiger partial charge is 0.119 e. The standard InChI is InChI=1S/C11H14N2O/c1-7(12)6-9-8-4-5-13-10(8)2-3-11(9)14/h2-5,7,13-14H,6,12H2,1H3. The molecule has 1 atom stereocenters. The molecule has 0 aliphatic heterocycles. The Morgan fingerprint density at radius 1 is 1.43 bits per heavy atom. The van der Waals surface area contributed by atoms with Gasteiger partial charge in [-0.1, -0.05) is 0 Å². The Morgan fingerprint density at radius 2 is 2.21 bits per heavy atom. The van der Waals surface area contributed by atoms with Crippen molar-refractivity contribution in [3.63, 3.8) is 0 Å². The van der Waals surface area contributed by atoms with Gasteiger partial charge in [-0.25, -0.2) is 0 Å². The molecule has 0 saturated carbocycles.